The molecule has 0 aliphatic carbocycles. The van der Waals surface area contributed by atoms with Crippen molar-refractivity contribution in [1.82, 2.24) is 35.1 Å². The van der Waals surface area contributed by atoms with E-state index >= 15 is 0 Å². The summed E-state index contributed by atoms with van der Waals surface area (Å²) in [5, 5.41) is 33.2. The largest absolute Gasteiger partial charge is 0.480 e. The Morgan fingerprint density at radius 1 is 0.505 bits per heavy atom. The summed E-state index contributed by atoms with van der Waals surface area (Å²) in [4.78, 5) is 70.6. The summed E-state index contributed by atoms with van der Waals surface area (Å²) in [6.45, 7) is 33.3. The molecule has 0 radical (unpaired) electrons. The van der Waals surface area contributed by atoms with Gasteiger partial charge in [-0.05, 0) is 171 Å². The number of β-amino-alcohol motifs (C(OH)–C–C–N with tert-alkyl or cyclic N) is 2. The topological polar surface area (TPSA) is 270 Å². The van der Waals surface area contributed by atoms with Crippen LogP contribution >= 0.6 is 89.6 Å². The van der Waals surface area contributed by atoms with Crippen molar-refractivity contribution in [3.05, 3.63) is 208 Å². The van der Waals surface area contributed by atoms with Crippen LogP contribution in [0.25, 0.3) is 31.3 Å². The number of aliphatic hydroxyl groups excluding tert-OH is 2. The lowest BCUT2D eigenvalue weighted by Crippen LogP contribution is -2.48. The van der Waals surface area contributed by atoms with Gasteiger partial charge in [0.05, 0.1) is 85.1 Å². The number of aliphatic carboxylic acids is 1. The summed E-state index contributed by atoms with van der Waals surface area (Å²) in [7, 11) is 0. The second kappa shape index (κ2) is 42.4. The Kier molecular flexibility index (Phi) is 36.4. The van der Waals surface area contributed by atoms with Crippen LogP contribution in [-0.2, 0) is 19.1 Å². The molecule has 6 heterocycles. The molecule has 4 aromatic heterocycles. The van der Waals surface area contributed by atoms with Gasteiger partial charge in [0.1, 0.15) is 23.3 Å². The maximum absolute atomic E-state index is 12.9. The molecular formula is C78H102Br2ClN9O9S4. The predicted molar refractivity (Wildman–Crippen MR) is 432 cm³/mol. The van der Waals surface area contributed by atoms with Crippen LogP contribution in [0.1, 0.15) is 183 Å². The van der Waals surface area contributed by atoms with Crippen molar-refractivity contribution in [3.8, 4) is 31.3 Å². The number of thiazole rings is 4. The maximum Gasteiger partial charge on any atom is 0.411 e. The number of carboxylic acid groups (broad SMARTS) is 1. The second-order valence-corrected chi connectivity index (χ2v) is 32.5. The van der Waals surface area contributed by atoms with Crippen LogP contribution in [0.15, 0.2) is 158 Å². The van der Waals surface area contributed by atoms with E-state index in [0.717, 1.165) is 52.6 Å². The van der Waals surface area contributed by atoms with Crippen LogP contribution in [0.2, 0.25) is 0 Å². The highest BCUT2D eigenvalue weighted by atomic mass is 79.9. The Balaban J connectivity index is 0.000000268. The van der Waals surface area contributed by atoms with E-state index in [1.165, 1.54) is 48.0 Å². The molecule has 3 amide bonds. The molecule has 8 N–H and O–H groups in total. The van der Waals surface area contributed by atoms with Crippen molar-refractivity contribution >= 4 is 114 Å². The zero-order valence-electron chi connectivity index (χ0n) is 61.9. The molecule has 11 rings (SSSR count). The van der Waals surface area contributed by atoms with E-state index in [-0.39, 0.29) is 62.4 Å². The number of nitrogens with zero attached hydrogens (tertiary/aromatic N) is 6. The summed E-state index contributed by atoms with van der Waals surface area (Å²) >= 11 is 13.4. The van der Waals surface area contributed by atoms with Gasteiger partial charge in [0.25, 0.3) is 0 Å². The van der Waals surface area contributed by atoms with Crippen LogP contribution in [-0.4, -0.2) is 118 Å². The van der Waals surface area contributed by atoms with Crippen LogP contribution < -0.4 is 16.8 Å². The molecular weight excluding hydrogens is 1530 g/mol. The average Bonchev–Trinajstić information content (AvgIpc) is 1.83. The Hall–Kier alpha value is -6.81. The fourth-order valence-corrected chi connectivity index (χ4v) is 13.6. The number of nitrogens with one attached hydrogen (secondary N) is 1. The van der Waals surface area contributed by atoms with E-state index < -0.39 is 53.6 Å². The standard InChI is InChI=1S/C22H29N3O4S.C13H15NS.C12H14N2S.C10H17NO5.C9H11Br.C8H10BrN.C4H5NS.ClH/c1-13(15-6-8-16(9-7-15)19-14(2)23-12-30-19)24-20(27)18-10-17(26)11-25(18)21(28)29-22(3,4)5;1-9(2)11-4-6-12(7-5-11)13-10(3)14-8-15-13;1-8(13)10-3-5-11(6-4-10)12-9(2)14-7-15-12;1-10(2,3)16-9(15)11-5-6(12)4-7(11)8(13)14;1-7(2)8-3-5-9(10)6-4-8;1-6(10)7-2-4-8(9)5-3-7;1-4-2-6-3-5-4;/h6-9,12-13,17-18,26H,10-11H2,1-5H3,(H,24,27);4-9H,1-3H3;3-8H,13H2,1-2H3;6-7,12H,4-5H2,1-3H3,(H,13,14);3-7H,1-2H3;2-6H,10H2,1H3;2-3H,1H3;1H/t13-,17+,18+;;8-;6-,7+;;6-;;/m0.01.0../s1. The third-order valence-electron chi connectivity index (χ3n) is 15.7. The van der Waals surface area contributed by atoms with Gasteiger partial charge in [-0.25, -0.2) is 29.3 Å². The van der Waals surface area contributed by atoms with Gasteiger partial charge >= 0.3 is 18.2 Å². The number of ether oxygens (including phenoxy) is 2. The highest BCUT2D eigenvalue weighted by molar-refractivity contribution is 9.10. The number of rotatable bonds is 11. The Morgan fingerprint density at radius 2 is 0.825 bits per heavy atom. The fourth-order valence-electron chi connectivity index (χ4n) is 10.1. The average molecular weight is 1630 g/mol. The number of aliphatic hydroxyl groups is 2. The third-order valence-corrected chi connectivity index (χ3v) is 20.4. The molecule has 25 heteroatoms. The number of halogens is 3. The molecule has 103 heavy (non-hydrogen) atoms. The summed E-state index contributed by atoms with van der Waals surface area (Å²) in [6.07, 6.45) is -2.58. The lowest BCUT2D eigenvalue weighted by molar-refractivity contribution is -0.142. The first-order valence-corrected chi connectivity index (χ1v) is 38.8. The summed E-state index contributed by atoms with van der Waals surface area (Å²) in [5.41, 5.74) is 31.5. The maximum atomic E-state index is 12.9. The number of likely N-dealkylation sites (tertiary alicyclic amines) is 2. The van der Waals surface area contributed by atoms with Crippen LogP contribution in [0.4, 0.5) is 9.59 Å². The number of aromatic nitrogens is 4. The van der Waals surface area contributed by atoms with Gasteiger partial charge < -0.3 is 41.6 Å². The minimum absolute atomic E-state index is 0. The molecule has 0 unspecified atom stereocenters. The van der Waals surface area contributed by atoms with E-state index in [1.54, 1.807) is 86.9 Å². The number of carboxylic acids is 1. The number of carbonyl (C=O) groups is 4. The van der Waals surface area contributed by atoms with Gasteiger partial charge in [-0.15, -0.1) is 57.8 Å². The van der Waals surface area contributed by atoms with Crippen molar-refractivity contribution in [3.63, 3.8) is 0 Å². The summed E-state index contributed by atoms with van der Waals surface area (Å²) < 4.78 is 12.7. The van der Waals surface area contributed by atoms with Crippen LogP contribution in [0.3, 0.4) is 0 Å². The third kappa shape index (κ3) is 29.9. The van der Waals surface area contributed by atoms with Crippen molar-refractivity contribution in [2.75, 3.05) is 13.1 Å². The molecule has 558 valence electrons. The van der Waals surface area contributed by atoms with E-state index in [0.29, 0.717) is 11.8 Å². The van der Waals surface area contributed by atoms with Gasteiger partial charge in [0.15, 0.2) is 0 Å². The quantitative estimate of drug-likeness (QED) is 0.0703. The first-order valence-electron chi connectivity index (χ1n) is 33.7. The van der Waals surface area contributed by atoms with E-state index in [2.05, 4.69) is 165 Å². The molecule has 2 fully saturated rings. The summed E-state index contributed by atoms with van der Waals surface area (Å²) in [5.74, 6) is -0.190. The Labute approximate surface area is 647 Å². The van der Waals surface area contributed by atoms with E-state index in [9.17, 15) is 29.4 Å². The normalized spacial score (nSPS) is 16.1. The summed E-state index contributed by atoms with van der Waals surface area (Å²) in [6, 6.07) is 39.9. The van der Waals surface area contributed by atoms with E-state index in [1.807, 2.05) is 117 Å². The Bertz CT molecular complexity index is 3850. The van der Waals surface area contributed by atoms with E-state index in [4.69, 9.17) is 26.0 Å². The monoisotopic (exact) mass is 1630 g/mol. The number of hydrogen-bond donors (Lipinski definition) is 6. The SMILES string of the molecule is CC(C)(C)OC(=O)N1C[C@H](O)C[C@H]1C(=O)O.CC(C)c1ccc(Br)cc1.C[C@H](N)c1ccc(Br)cc1.Cc1cscn1.Cc1ncsc1-c1ccc(C(C)C)cc1.Cc1ncsc1-c1ccc([C@H](C)N)cc1.Cc1ncsc1-c1ccc([C@H](C)NC(=O)[C@H]2C[C@@H](O)CN2C(=O)OC(C)(C)C)cc1.Cl. The predicted octanol–water partition coefficient (Wildman–Crippen LogP) is 19.4. The molecule has 9 aromatic rings. The number of nitrogens with two attached hydrogens (primary N) is 2. The van der Waals surface area contributed by atoms with Gasteiger partial charge in [-0.2, -0.15) is 0 Å². The molecule has 7 atom stereocenters. The number of amides is 3. The second-order valence-electron chi connectivity index (χ2n) is 27.4. The zero-order chi connectivity index (χ0) is 75.8. The zero-order valence-corrected chi connectivity index (χ0v) is 69.1. The number of hydrogen-bond acceptors (Lipinski definition) is 18. The molecule has 5 aromatic carbocycles. The first-order chi connectivity index (χ1) is 47.9. The van der Waals surface area contributed by atoms with Gasteiger partial charge in [0.2, 0.25) is 5.91 Å². The molecule has 2 saturated heterocycles. The molecule has 0 spiro atoms. The minimum Gasteiger partial charge on any atom is -0.480 e. The fraction of sp³-hybridized carbons (Fsp3) is 0.410. The minimum atomic E-state index is -1.12. The van der Waals surface area contributed by atoms with Crippen molar-refractivity contribution in [1.29, 1.82) is 0 Å². The Morgan fingerprint density at radius 3 is 1.11 bits per heavy atom. The van der Waals surface area contributed by atoms with Gasteiger partial charge in [-0.1, -0.05) is 157 Å². The molecule has 18 nitrogen and oxygen atoms in total. The molecule has 2 aliphatic heterocycles. The highest BCUT2D eigenvalue weighted by Gasteiger charge is 2.42. The number of carbonyl (C=O) groups excluding carboxylic acids is 3. The lowest BCUT2D eigenvalue weighted by Gasteiger charge is -2.28. The molecule has 0 bridgehead atoms. The number of aryl methyl sites for hydroxylation is 4. The lowest BCUT2D eigenvalue weighted by atomic mass is 10.0. The molecule has 0 saturated carbocycles. The van der Waals surface area contributed by atoms with Crippen molar-refractivity contribution in [2.24, 2.45) is 11.5 Å². The van der Waals surface area contributed by atoms with Crippen molar-refractivity contribution < 1.29 is 44.0 Å². The first kappa shape index (κ1) is 88.6. The van der Waals surface area contributed by atoms with Crippen molar-refractivity contribution in [2.45, 2.75) is 196 Å². The highest BCUT2D eigenvalue weighted by Crippen LogP contribution is 2.32. The number of benzene rings is 5. The van der Waals surface area contributed by atoms with Crippen LogP contribution in [0, 0.1) is 27.7 Å². The smallest absolute Gasteiger partial charge is 0.411 e. The molecule has 2 aliphatic rings. The van der Waals surface area contributed by atoms with Crippen LogP contribution in [0.5, 0.6) is 0 Å². The van der Waals surface area contributed by atoms with Gasteiger partial charge in [-0.3, -0.25) is 19.6 Å². The van der Waals surface area contributed by atoms with Gasteiger partial charge in [0, 0.05) is 44.9 Å².